The summed E-state index contributed by atoms with van der Waals surface area (Å²) >= 11 is 12.9. The van der Waals surface area contributed by atoms with E-state index in [1.165, 1.54) is 0 Å². The molecule has 0 atom stereocenters. The number of fused-ring (bicyclic) bond motifs is 2. The lowest BCUT2D eigenvalue weighted by Gasteiger charge is -2.33. The molecular formula is C28H28Cl2N2O3. The molecule has 0 saturated carbocycles. The monoisotopic (exact) mass is 510 g/mol. The fourth-order valence-corrected chi connectivity index (χ4v) is 5.58. The van der Waals surface area contributed by atoms with Gasteiger partial charge in [-0.1, -0.05) is 29.3 Å². The van der Waals surface area contributed by atoms with Crippen molar-refractivity contribution in [3.05, 3.63) is 81.5 Å². The molecule has 0 radical (unpaired) electrons. The molecule has 0 bridgehead atoms. The Morgan fingerprint density at radius 3 is 2.63 bits per heavy atom. The van der Waals surface area contributed by atoms with Gasteiger partial charge in [0.25, 0.3) is 0 Å². The average molecular weight is 511 g/mol. The van der Waals surface area contributed by atoms with Gasteiger partial charge in [-0.15, -0.1) is 0 Å². The first-order chi connectivity index (χ1) is 17.0. The maximum atomic E-state index is 11.3. The Bertz CT molecular complexity index is 1250. The van der Waals surface area contributed by atoms with Crippen LogP contribution in [0.1, 0.15) is 42.4 Å². The molecule has 2 aromatic carbocycles. The van der Waals surface area contributed by atoms with Crippen molar-refractivity contribution < 1.29 is 14.6 Å². The molecule has 3 aromatic rings. The standard InChI is InChI=1S/C28H28Cl2N2O3/c1-34-25-5-2-6-26-24(25)17-23(22-4-3-11-32-27(22)35-26)21(18-14-19(29)16-20(30)15-18)7-8-28(33)9-12-31-13-10-28/h2-6,11,14-16,31,33H,7-10,12-13,17H2,1H3. The zero-order valence-electron chi connectivity index (χ0n) is 19.6. The summed E-state index contributed by atoms with van der Waals surface area (Å²) in [6.45, 7) is 1.63. The molecular weight excluding hydrogens is 483 g/mol. The normalized spacial score (nSPS) is 18.1. The maximum absolute atomic E-state index is 11.3. The number of pyridine rings is 1. The number of hydrogen-bond acceptors (Lipinski definition) is 5. The van der Waals surface area contributed by atoms with E-state index in [2.05, 4.69) is 10.3 Å². The number of benzene rings is 2. The summed E-state index contributed by atoms with van der Waals surface area (Å²) in [5, 5.41) is 15.8. The minimum absolute atomic E-state index is 0.542. The van der Waals surface area contributed by atoms with E-state index in [1.54, 1.807) is 19.4 Å². The number of methoxy groups -OCH3 is 1. The van der Waals surface area contributed by atoms with Crippen LogP contribution in [0.3, 0.4) is 0 Å². The van der Waals surface area contributed by atoms with E-state index < -0.39 is 5.60 Å². The predicted molar refractivity (Wildman–Crippen MR) is 141 cm³/mol. The summed E-state index contributed by atoms with van der Waals surface area (Å²) in [6.07, 6.45) is 5.05. The highest BCUT2D eigenvalue weighted by atomic mass is 35.5. The smallest absolute Gasteiger partial charge is 0.226 e. The molecule has 0 spiro atoms. The van der Waals surface area contributed by atoms with Gasteiger partial charge in [0.2, 0.25) is 5.88 Å². The third kappa shape index (κ3) is 5.19. The third-order valence-corrected chi connectivity index (χ3v) is 7.35. The Morgan fingerprint density at radius 2 is 1.89 bits per heavy atom. The zero-order valence-corrected chi connectivity index (χ0v) is 21.1. The lowest BCUT2D eigenvalue weighted by molar-refractivity contribution is 0.00392. The molecule has 5 rings (SSSR count). The van der Waals surface area contributed by atoms with E-state index in [1.807, 2.05) is 42.5 Å². The van der Waals surface area contributed by atoms with Crippen LogP contribution in [-0.2, 0) is 6.42 Å². The quantitative estimate of drug-likeness (QED) is 0.407. The number of aliphatic hydroxyl groups is 1. The van der Waals surface area contributed by atoms with Crippen LogP contribution >= 0.6 is 23.2 Å². The fraction of sp³-hybridized carbons (Fsp3) is 0.321. The first-order valence-corrected chi connectivity index (χ1v) is 12.6. The van der Waals surface area contributed by atoms with E-state index in [0.29, 0.717) is 35.2 Å². The van der Waals surface area contributed by atoms with Crippen LogP contribution in [0, 0.1) is 0 Å². The summed E-state index contributed by atoms with van der Waals surface area (Å²) in [5.41, 5.74) is 4.21. The molecule has 0 unspecified atom stereocenters. The number of piperidine rings is 1. The molecule has 1 saturated heterocycles. The van der Waals surface area contributed by atoms with Gasteiger partial charge in [0.1, 0.15) is 11.5 Å². The summed E-state index contributed by atoms with van der Waals surface area (Å²) < 4.78 is 12.0. The lowest BCUT2D eigenvalue weighted by atomic mass is 9.82. The summed E-state index contributed by atoms with van der Waals surface area (Å²) in [5.74, 6) is 2.02. The number of hydrogen-bond donors (Lipinski definition) is 2. The summed E-state index contributed by atoms with van der Waals surface area (Å²) in [4.78, 5) is 4.55. The number of aromatic nitrogens is 1. The minimum Gasteiger partial charge on any atom is -0.496 e. The lowest BCUT2D eigenvalue weighted by Crippen LogP contribution is -2.41. The van der Waals surface area contributed by atoms with Gasteiger partial charge in [-0.05, 0) is 97.9 Å². The van der Waals surface area contributed by atoms with Gasteiger partial charge in [0, 0.05) is 33.8 Å². The van der Waals surface area contributed by atoms with Gasteiger partial charge in [-0.25, -0.2) is 4.98 Å². The average Bonchev–Trinajstić information content (AvgIpc) is 3.01. The van der Waals surface area contributed by atoms with E-state index in [9.17, 15) is 5.11 Å². The molecule has 7 heteroatoms. The first kappa shape index (κ1) is 24.1. The van der Waals surface area contributed by atoms with Crippen LogP contribution in [0.4, 0.5) is 0 Å². The van der Waals surface area contributed by atoms with Crippen LogP contribution < -0.4 is 14.8 Å². The van der Waals surface area contributed by atoms with Crippen LogP contribution in [-0.4, -0.2) is 35.9 Å². The number of nitrogens with one attached hydrogen (secondary N) is 1. The fourth-order valence-electron chi connectivity index (χ4n) is 5.05. The number of nitrogens with zero attached hydrogens (tertiary/aromatic N) is 1. The molecule has 3 heterocycles. The third-order valence-electron chi connectivity index (χ3n) is 6.92. The maximum Gasteiger partial charge on any atom is 0.226 e. The highest BCUT2D eigenvalue weighted by Gasteiger charge is 2.31. The first-order valence-electron chi connectivity index (χ1n) is 11.9. The molecule has 0 amide bonds. The number of ether oxygens (including phenoxy) is 2. The molecule has 182 valence electrons. The summed E-state index contributed by atoms with van der Waals surface area (Å²) in [7, 11) is 1.67. The molecule has 1 fully saturated rings. The molecule has 2 N–H and O–H groups in total. The second-order valence-electron chi connectivity index (χ2n) is 9.16. The number of halogens is 2. The van der Waals surface area contributed by atoms with E-state index in [-0.39, 0.29) is 0 Å². The number of rotatable bonds is 5. The highest BCUT2D eigenvalue weighted by Crippen LogP contribution is 2.46. The van der Waals surface area contributed by atoms with Gasteiger partial charge in [-0.2, -0.15) is 0 Å². The van der Waals surface area contributed by atoms with Crippen LogP contribution in [0.2, 0.25) is 10.0 Å². The van der Waals surface area contributed by atoms with Crippen molar-refractivity contribution in [1.82, 2.24) is 10.3 Å². The SMILES string of the molecule is COc1cccc2c1CC(=C(CCC1(O)CCNCC1)c1cc(Cl)cc(Cl)c1)c1cccnc1O2. The van der Waals surface area contributed by atoms with Crippen molar-refractivity contribution in [2.75, 3.05) is 20.2 Å². The van der Waals surface area contributed by atoms with Crippen molar-refractivity contribution in [1.29, 1.82) is 0 Å². The Labute approximate surface area is 215 Å². The van der Waals surface area contributed by atoms with Crippen LogP contribution in [0.5, 0.6) is 17.4 Å². The van der Waals surface area contributed by atoms with Crippen LogP contribution in [0.25, 0.3) is 11.1 Å². The summed E-state index contributed by atoms with van der Waals surface area (Å²) in [6, 6.07) is 15.3. The Balaban J connectivity index is 1.70. The Morgan fingerprint density at radius 1 is 1.11 bits per heavy atom. The van der Waals surface area contributed by atoms with Crippen molar-refractivity contribution >= 4 is 34.3 Å². The zero-order chi connectivity index (χ0) is 24.4. The highest BCUT2D eigenvalue weighted by molar-refractivity contribution is 6.35. The molecule has 0 aliphatic carbocycles. The predicted octanol–water partition coefficient (Wildman–Crippen LogP) is 6.55. The van der Waals surface area contributed by atoms with Crippen molar-refractivity contribution in [2.45, 2.75) is 37.7 Å². The van der Waals surface area contributed by atoms with Gasteiger partial charge < -0.3 is 19.9 Å². The van der Waals surface area contributed by atoms with Crippen molar-refractivity contribution in [3.8, 4) is 17.4 Å². The second-order valence-corrected chi connectivity index (χ2v) is 10.0. The van der Waals surface area contributed by atoms with E-state index >= 15 is 0 Å². The van der Waals surface area contributed by atoms with Gasteiger partial charge in [-0.3, -0.25) is 0 Å². The van der Waals surface area contributed by atoms with Crippen LogP contribution in [0.15, 0.2) is 54.7 Å². The molecule has 35 heavy (non-hydrogen) atoms. The van der Waals surface area contributed by atoms with Gasteiger partial charge >= 0.3 is 0 Å². The van der Waals surface area contributed by atoms with Crippen molar-refractivity contribution in [3.63, 3.8) is 0 Å². The number of allylic oxidation sites excluding steroid dienone is 2. The van der Waals surface area contributed by atoms with E-state index in [0.717, 1.165) is 65.3 Å². The topological polar surface area (TPSA) is 63.6 Å². The molecule has 1 aromatic heterocycles. The van der Waals surface area contributed by atoms with Gasteiger partial charge in [0.15, 0.2) is 0 Å². The molecule has 2 aliphatic rings. The molecule has 5 nitrogen and oxygen atoms in total. The minimum atomic E-state index is -0.714. The van der Waals surface area contributed by atoms with Gasteiger partial charge in [0.05, 0.1) is 12.7 Å². The largest absolute Gasteiger partial charge is 0.496 e. The Kier molecular flexibility index (Phi) is 7.03. The second kappa shape index (κ2) is 10.2. The molecule has 2 aliphatic heterocycles. The van der Waals surface area contributed by atoms with E-state index in [4.69, 9.17) is 32.7 Å². The van der Waals surface area contributed by atoms with Crippen molar-refractivity contribution in [2.24, 2.45) is 0 Å². The Hall–Kier alpha value is -2.57.